The van der Waals surface area contributed by atoms with Gasteiger partial charge in [0.25, 0.3) is 5.91 Å². The van der Waals surface area contributed by atoms with Crippen LogP contribution in [0.2, 0.25) is 5.02 Å². The van der Waals surface area contributed by atoms with Crippen molar-refractivity contribution in [3.63, 3.8) is 0 Å². The van der Waals surface area contributed by atoms with Crippen molar-refractivity contribution >= 4 is 23.2 Å². The molecule has 0 aromatic heterocycles. The highest BCUT2D eigenvalue weighted by Crippen LogP contribution is 2.42. The zero-order valence-corrected chi connectivity index (χ0v) is 15.5. The minimum Gasteiger partial charge on any atom is -0.489 e. The first-order valence-electron chi connectivity index (χ1n) is 9.31. The van der Waals surface area contributed by atoms with Crippen molar-refractivity contribution in [3.05, 3.63) is 22.2 Å². The topological polar surface area (TPSA) is 67.6 Å². The van der Waals surface area contributed by atoms with Crippen molar-refractivity contribution in [1.82, 2.24) is 10.2 Å². The van der Waals surface area contributed by atoms with Gasteiger partial charge in [-0.05, 0) is 58.2 Å². The third kappa shape index (κ3) is 2.87. The summed E-state index contributed by atoms with van der Waals surface area (Å²) in [5, 5.41) is 3.51. The fourth-order valence-corrected chi connectivity index (χ4v) is 5.10. The molecule has 3 aliphatic heterocycles. The Morgan fingerprint density at radius 3 is 2.88 bits per heavy atom. The number of anilines is 1. The molecular weight excluding hydrogens is 338 g/mol. The molecule has 3 heterocycles. The standard InChI is InChI=1S/C19H26ClN3O2/c1-12-10-13-16(21)15(20)11-14(17(13)25-12)18(24)22-7-6-19-4-2-8-23(19)9-3-5-19/h11-12H,2-10,21H2,1H3,(H,22,24)/t12-/m1/s1. The number of amides is 1. The molecule has 0 radical (unpaired) electrons. The van der Waals surface area contributed by atoms with E-state index in [2.05, 4.69) is 10.2 Å². The number of carbonyl (C=O) groups is 1. The average Bonchev–Trinajstić information content (AvgIpc) is 3.24. The van der Waals surface area contributed by atoms with E-state index >= 15 is 0 Å². The summed E-state index contributed by atoms with van der Waals surface area (Å²) in [5.74, 6) is 0.486. The van der Waals surface area contributed by atoms with Crippen molar-refractivity contribution < 1.29 is 9.53 Å². The summed E-state index contributed by atoms with van der Waals surface area (Å²) in [7, 11) is 0. The van der Waals surface area contributed by atoms with Crippen LogP contribution in [-0.2, 0) is 6.42 Å². The fourth-order valence-electron chi connectivity index (χ4n) is 4.87. The van der Waals surface area contributed by atoms with Gasteiger partial charge in [0.15, 0.2) is 0 Å². The summed E-state index contributed by atoms with van der Waals surface area (Å²) in [6, 6.07) is 1.64. The molecule has 25 heavy (non-hydrogen) atoms. The van der Waals surface area contributed by atoms with Gasteiger partial charge in [-0.15, -0.1) is 0 Å². The van der Waals surface area contributed by atoms with Gasteiger partial charge in [-0.1, -0.05) is 11.6 Å². The van der Waals surface area contributed by atoms with Gasteiger partial charge >= 0.3 is 0 Å². The van der Waals surface area contributed by atoms with E-state index in [1.54, 1.807) is 6.07 Å². The molecule has 6 heteroatoms. The Hall–Kier alpha value is -1.46. The highest BCUT2D eigenvalue weighted by molar-refractivity contribution is 6.33. The number of hydrogen-bond acceptors (Lipinski definition) is 4. The van der Waals surface area contributed by atoms with Crippen LogP contribution < -0.4 is 15.8 Å². The lowest BCUT2D eigenvalue weighted by molar-refractivity contribution is 0.0938. The summed E-state index contributed by atoms with van der Waals surface area (Å²) in [4.78, 5) is 15.3. The Kier molecular flexibility index (Phi) is 4.32. The van der Waals surface area contributed by atoms with Gasteiger partial charge < -0.3 is 15.8 Å². The molecule has 1 atom stereocenters. The molecule has 2 saturated heterocycles. The number of hydrogen-bond donors (Lipinski definition) is 2. The van der Waals surface area contributed by atoms with Gasteiger partial charge in [0.2, 0.25) is 0 Å². The van der Waals surface area contributed by atoms with Gasteiger partial charge in [0.1, 0.15) is 11.9 Å². The van der Waals surface area contributed by atoms with Crippen molar-refractivity contribution in [3.8, 4) is 5.75 Å². The van der Waals surface area contributed by atoms with E-state index in [0.717, 1.165) is 12.0 Å². The SMILES string of the molecule is C[C@@H]1Cc2c(N)c(Cl)cc(C(=O)NCCC34CCCN3CCC4)c2O1. The molecule has 1 amide bonds. The third-order valence-corrected chi connectivity index (χ3v) is 6.43. The van der Waals surface area contributed by atoms with Gasteiger partial charge in [-0.2, -0.15) is 0 Å². The molecule has 3 N–H and O–H groups in total. The lowest BCUT2D eigenvalue weighted by Gasteiger charge is -2.32. The van der Waals surface area contributed by atoms with Crippen molar-refractivity contribution in [2.45, 2.75) is 57.1 Å². The lowest BCUT2D eigenvalue weighted by atomic mass is 9.90. The molecule has 4 rings (SSSR count). The Balaban J connectivity index is 1.46. The van der Waals surface area contributed by atoms with Gasteiger partial charge in [-0.25, -0.2) is 0 Å². The van der Waals surface area contributed by atoms with E-state index in [1.165, 1.54) is 38.8 Å². The quantitative estimate of drug-likeness (QED) is 0.807. The normalized spacial score (nSPS) is 24.0. The van der Waals surface area contributed by atoms with Crippen molar-refractivity contribution in [2.24, 2.45) is 0 Å². The Bertz CT molecular complexity index is 696. The number of rotatable bonds is 4. The van der Waals surface area contributed by atoms with E-state index in [4.69, 9.17) is 22.1 Å². The number of nitrogens with two attached hydrogens (primary N) is 1. The van der Waals surface area contributed by atoms with Crippen LogP contribution in [0.1, 0.15) is 54.9 Å². The van der Waals surface area contributed by atoms with E-state index in [0.29, 0.717) is 40.5 Å². The zero-order chi connectivity index (χ0) is 17.6. The van der Waals surface area contributed by atoms with E-state index < -0.39 is 0 Å². The van der Waals surface area contributed by atoms with Crippen LogP contribution in [-0.4, -0.2) is 42.1 Å². The first-order valence-corrected chi connectivity index (χ1v) is 9.69. The number of nitrogens with zero attached hydrogens (tertiary/aromatic N) is 1. The van der Waals surface area contributed by atoms with Crippen LogP contribution in [0.25, 0.3) is 0 Å². The van der Waals surface area contributed by atoms with Crippen LogP contribution in [0.3, 0.4) is 0 Å². The van der Waals surface area contributed by atoms with Crippen molar-refractivity contribution in [2.75, 3.05) is 25.4 Å². The second-order valence-corrected chi connectivity index (χ2v) is 8.09. The van der Waals surface area contributed by atoms with Crippen LogP contribution in [0.4, 0.5) is 5.69 Å². The summed E-state index contributed by atoms with van der Waals surface area (Å²) in [6.45, 7) is 5.08. The maximum absolute atomic E-state index is 12.7. The Morgan fingerprint density at radius 2 is 2.16 bits per heavy atom. The second kappa shape index (κ2) is 6.36. The highest BCUT2D eigenvalue weighted by atomic mass is 35.5. The minimum absolute atomic E-state index is 0.0201. The number of benzene rings is 1. The number of ether oxygens (including phenoxy) is 1. The summed E-state index contributed by atoms with van der Waals surface area (Å²) >= 11 is 6.23. The highest BCUT2D eigenvalue weighted by Gasteiger charge is 2.43. The van der Waals surface area contributed by atoms with Crippen molar-refractivity contribution in [1.29, 1.82) is 0 Å². The first-order chi connectivity index (χ1) is 12.0. The molecule has 0 unspecified atom stereocenters. The lowest BCUT2D eigenvalue weighted by Crippen LogP contribution is -2.41. The summed E-state index contributed by atoms with van der Waals surface area (Å²) in [5.41, 5.74) is 8.27. The molecule has 136 valence electrons. The van der Waals surface area contributed by atoms with E-state index in [1.807, 2.05) is 6.92 Å². The molecule has 3 aliphatic rings. The molecule has 0 saturated carbocycles. The number of halogens is 1. The first kappa shape index (κ1) is 17.0. The average molecular weight is 364 g/mol. The van der Waals surface area contributed by atoms with Crippen LogP contribution in [0.15, 0.2) is 6.07 Å². The molecule has 1 aromatic carbocycles. The number of nitrogen functional groups attached to an aromatic ring is 1. The molecular formula is C19H26ClN3O2. The number of nitrogens with one attached hydrogen (secondary N) is 1. The van der Waals surface area contributed by atoms with Gasteiger partial charge in [0.05, 0.1) is 16.3 Å². The second-order valence-electron chi connectivity index (χ2n) is 7.68. The van der Waals surface area contributed by atoms with Crippen LogP contribution >= 0.6 is 11.6 Å². The Morgan fingerprint density at radius 1 is 1.44 bits per heavy atom. The maximum Gasteiger partial charge on any atom is 0.255 e. The largest absolute Gasteiger partial charge is 0.489 e. The summed E-state index contributed by atoms with van der Waals surface area (Å²) in [6.07, 6.45) is 6.80. The number of fused-ring (bicyclic) bond motifs is 2. The molecule has 1 aromatic rings. The van der Waals surface area contributed by atoms with Crippen LogP contribution in [0.5, 0.6) is 5.75 Å². The third-order valence-electron chi connectivity index (χ3n) is 6.11. The van der Waals surface area contributed by atoms with Gasteiger partial charge in [0, 0.05) is 24.1 Å². The minimum atomic E-state index is -0.119. The molecule has 2 fully saturated rings. The van der Waals surface area contributed by atoms with E-state index in [-0.39, 0.29) is 12.0 Å². The molecule has 5 nitrogen and oxygen atoms in total. The predicted molar refractivity (Wildman–Crippen MR) is 99.4 cm³/mol. The van der Waals surface area contributed by atoms with Gasteiger partial charge in [-0.3, -0.25) is 9.69 Å². The zero-order valence-electron chi connectivity index (χ0n) is 14.7. The predicted octanol–water partition coefficient (Wildman–Crippen LogP) is 2.99. The molecule has 0 bridgehead atoms. The summed E-state index contributed by atoms with van der Waals surface area (Å²) < 4.78 is 5.84. The number of carbonyl (C=O) groups excluding carboxylic acids is 1. The van der Waals surface area contributed by atoms with E-state index in [9.17, 15) is 4.79 Å². The molecule has 0 aliphatic carbocycles. The smallest absolute Gasteiger partial charge is 0.255 e. The monoisotopic (exact) mass is 363 g/mol. The maximum atomic E-state index is 12.7. The Labute approximate surface area is 153 Å². The fraction of sp³-hybridized carbons (Fsp3) is 0.632. The molecule has 0 spiro atoms. The van der Waals surface area contributed by atoms with Crippen LogP contribution in [0, 0.1) is 0 Å².